The summed E-state index contributed by atoms with van der Waals surface area (Å²) in [6, 6.07) is 61.9. The first kappa shape index (κ1) is 32.6. The summed E-state index contributed by atoms with van der Waals surface area (Å²) < 4.78 is 6.71. The molecule has 2 atom stereocenters. The van der Waals surface area contributed by atoms with Crippen molar-refractivity contribution in [2.24, 2.45) is 0 Å². The fourth-order valence-electron chi connectivity index (χ4n) is 9.04. The molecule has 2 unspecified atom stereocenters. The Morgan fingerprint density at radius 3 is 1.88 bits per heavy atom. The lowest BCUT2D eigenvalue weighted by Gasteiger charge is -2.29. The zero-order chi connectivity index (χ0) is 38.2. The number of rotatable bonds is 5. The number of para-hydroxylation sites is 1. The Morgan fingerprint density at radius 2 is 1.14 bits per heavy atom. The van der Waals surface area contributed by atoms with E-state index in [1.54, 1.807) is 0 Å². The van der Waals surface area contributed by atoms with E-state index in [1.807, 2.05) is 12.1 Å². The lowest BCUT2D eigenvalue weighted by Crippen LogP contribution is -2.28. The van der Waals surface area contributed by atoms with Crippen molar-refractivity contribution in [3.63, 3.8) is 0 Å². The van der Waals surface area contributed by atoms with Crippen LogP contribution in [0.15, 0.2) is 199 Å². The van der Waals surface area contributed by atoms with Crippen LogP contribution in [0, 0.1) is 0 Å². The highest BCUT2D eigenvalue weighted by Gasteiger charge is 2.38. The molecule has 0 fully saturated rings. The number of hydrogen-bond acceptors (Lipinski definition) is 5. The van der Waals surface area contributed by atoms with E-state index in [9.17, 15) is 0 Å². The third-order valence-corrected chi connectivity index (χ3v) is 11.8. The van der Waals surface area contributed by atoms with E-state index in [0.29, 0.717) is 17.5 Å². The van der Waals surface area contributed by atoms with E-state index in [2.05, 4.69) is 187 Å². The van der Waals surface area contributed by atoms with Gasteiger partial charge in [0.05, 0.1) is 6.04 Å². The molecule has 10 aromatic rings. The molecule has 0 radical (unpaired) electrons. The Bertz CT molecular complexity index is 3230. The van der Waals surface area contributed by atoms with E-state index in [0.717, 1.165) is 55.1 Å². The van der Waals surface area contributed by atoms with Crippen molar-refractivity contribution >= 4 is 60.4 Å². The van der Waals surface area contributed by atoms with Gasteiger partial charge in [-0.1, -0.05) is 152 Å². The van der Waals surface area contributed by atoms with Crippen LogP contribution >= 0.6 is 0 Å². The molecule has 0 amide bonds. The number of benzene rings is 8. The number of fused-ring (bicyclic) bond motifs is 8. The van der Waals surface area contributed by atoms with Gasteiger partial charge in [0.15, 0.2) is 17.5 Å². The summed E-state index contributed by atoms with van der Waals surface area (Å²) in [5, 5.41) is 6.61. The van der Waals surface area contributed by atoms with Crippen LogP contribution in [-0.4, -0.2) is 21.0 Å². The minimum Gasteiger partial charge on any atom is -0.456 e. The fraction of sp³-hybridized carbons (Fsp3) is 0.0377. The first-order valence-electron chi connectivity index (χ1n) is 19.8. The number of allylic oxidation sites excluding steroid dienone is 2. The summed E-state index contributed by atoms with van der Waals surface area (Å²) in [6.45, 7) is 0. The molecule has 2 aromatic heterocycles. The summed E-state index contributed by atoms with van der Waals surface area (Å²) in [4.78, 5) is 18.0. The first-order valence-corrected chi connectivity index (χ1v) is 19.8. The number of anilines is 2. The van der Waals surface area contributed by atoms with Crippen molar-refractivity contribution < 1.29 is 4.42 Å². The summed E-state index contributed by atoms with van der Waals surface area (Å²) in [7, 11) is 0. The largest absolute Gasteiger partial charge is 0.456 e. The van der Waals surface area contributed by atoms with Crippen molar-refractivity contribution in [1.29, 1.82) is 0 Å². The van der Waals surface area contributed by atoms with Gasteiger partial charge >= 0.3 is 0 Å². The van der Waals surface area contributed by atoms with Gasteiger partial charge in [-0.2, -0.15) is 0 Å². The van der Waals surface area contributed by atoms with Crippen molar-refractivity contribution in [1.82, 2.24) is 15.0 Å². The molecule has 8 aromatic carbocycles. The van der Waals surface area contributed by atoms with Gasteiger partial charge in [0.2, 0.25) is 0 Å². The van der Waals surface area contributed by atoms with E-state index in [4.69, 9.17) is 19.4 Å². The molecular formula is C53H34N4O. The topological polar surface area (TPSA) is 55.1 Å². The average molecular weight is 743 g/mol. The Hall–Kier alpha value is -7.63. The molecule has 1 aliphatic carbocycles. The highest BCUT2D eigenvalue weighted by molar-refractivity contribution is 6.12. The van der Waals surface area contributed by atoms with E-state index >= 15 is 0 Å². The van der Waals surface area contributed by atoms with Crippen LogP contribution in [0.4, 0.5) is 11.4 Å². The molecule has 0 spiro atoms. The van der Waals surface area contributed by atoms with Crippen LogP contribution in [0.1, 0.15) is 17.0 Å². The lowest BCUT2D eigenvalue weighted by molar-refractivity contribution is 0.668. The second kappa shape index (κ2) is 13.0. The molecule has 58 heavy (non-hydrogen) atoms. The second-order valence-electron chi connectivity index (χ2n) is 15.2. The normalized spacial score (nSPS) is 15.9. The molecule has 2 aliphatic rings. The van der Waals surface area contributed by atoms with Crippen LogP contribution in [-0.2, 0) is 0 Å². The monoisotopic (exact) mass is 742 g/mol. The Morgan fingerprint density at radius 1 is 0.483 bits per heavy atom. The van der Waals surface area contributed by atoms with Crippen LogP contribution in [0.3, 0.4) is 0 Å². The van der Waals surface area contributed by atoms with Gasteiger partial charge in [-0.15, -0.1) is 0 Å². The quantitative estimate of drug-likeness (QED) is 0.176. The van der Waals surface area contributed by atoms with E-state index in [1.165, 1.54) is 33.2 Å². The minimum absolute atomic E-state index is 0.148. The second-order valence-corrected chi connectivity index (χ2v) is 15.2. The summed E-state index contributed by atoms with van der Waals surface area (Å²) in [5.41, 5.74) is 10.5. The first-order chi connectivity index (χ1) is 28.7. The highest BCUT2D eigenvalue weighted by Crippen LogP contribution is 2.50. The summed E-state index contributed by atoms with van der Waals surface area (Å²) >= 11 is 0. The Kier molecular flexibility index (Phi) is 7.29. The molecule has 0 bridgehead atoms. The molecule has 5 nitrogen and oxygen atoms in total. The van der Waals surface area contributed by atoms with Crippen LogP contribution in [0.25, 0.3) is 83.2 Å². The number of aromatic nitrogens is 3. The van der Waals surface area contributed by atoms with Crippen molar-refractivity contribution in [2.75, 3.05) is 4.90 Å². The Balaban J connectivity index is 0.993. The molecule has 1 aliphatic heterocycles. The number of furan rings is 1. The minimum atomic E-state index is 0.148. The average Bonchev–Trinajstić information content (AvgIpc) is 3.84. The molecule has 3 heterocycles. The van der Waals surface area contributed by atoms with Gasteiger partial charge in [0.1, 0.15) is 11.2 Å². The number of hydrogen-bond donors (Lipinski definition) is 0. The fourth-order valence-corrected chi connectivity index (χ4v) is 9.04. The standard InChI is InChI=1S/C53H34N4O/c1-2-11-33(12-3-1)38-25-28-47-45(31-38)42-17-8-9-19-46(42)57(47)41-26-27-43-49(32-41)58-48-20-10-18-44(50(43)48)53-55-51(39-23-21-34-13-4-6-15-36(34)29-39)54-52(56-53)40-24-22-35-14-5-7-16-37(35)30-40/h1-32,45,47H. The van der Waals surface area contributed by atoms with E-state index in [-0.39, 0.29) is 12.0 Å². The van der Waals surface area contributed by atoms with Gasteiger partial charge in [-0.3, -0.25) is 0 Å². The van der Waals surface area contributed by atoms with Crippen molar-refractivity contribution in [3.8, 4) is 34.2 Å². The summed E-state index contributed by atoms with van der Waals surface area (Å²) in [5.74, 6) is 2.08. The molecule has 272 valence electrons. The SMILES string of the molecule is C1=CC2C(C=C1c1ccccc1)c1ccccc1N2c1ccc2c(c1)oc1cccc(-c3nc(-c4ccc5ccccc5c4)nc(-c4ccc5ccccc5c4)n3)c12. The van der Waals surface area contributed by atoms with Crippen LogP contribution < -0.4 is 4.90 Å². The van der Waals surface area contributed by atoms with Gasteiger partial charge in [0.25, 0.3) is 0 Å². The van der Waals surface area contributed by atoms with Gasteiger partial charge < -0.3 is 9.32 Å². The maximum Gasteiger partial charge on any atom is 0.164 e. The molecule has 0 N–H and O–H groups in total. The smallest absolute Gasteiger partial charge is 0.164 e. The third-order valence-electron chi connectivity index (χ3n) is 11.8. The molecule has 0 saturated carbocycles. The zero-order valence-electron chi connectivity index (χ0n) is 31.3. The molecule has 12 rings (SSSR count). The van der Waals surface area contributed by atoms with Crippen molar-refractivity contribution in [2.45, 2.75) is 12.0 Å². The molecule has 0 saturated heterocycles. The van der Waals surface area contributed by atoms with E-state index < -0.39 is 0 Å². The van der Waals surface area contributed by atoms with Gasteiger partial charge in [0, 0.05) is 50.8 Å². The highest BCUT2D eigenvalue weighted by atomic mass is 16.3. The third kappa shape index (κ3) is 5.28. The predicted octanol–water partition coefficient (Wildman–Crippen LogP) is 13.3. The van der Waals surface area contributed by atoms with Crippen LogP contribution in [0.5, 0.6) is 0 Å². The summed E-state index contributed by atoms with van der Waals surface area (Å²) in [6.07, 6.45) is 7.06. The maximum absolute atomic E-state index is 6.71. The zero-order valence-corrected chi connectivity index (χ0v) is 31.3. The number of nitrogens with zero attached hydrogens (tertiary/aromatic N) is 4. The molecule has 5 heteroatoms. The maximum atomic E-state index is 6.71. The molecular weight excluding hydrogens is 709 g/mol. The van der Waals surface area contributed by atoms with Crippen LogP contribution in [0.2, 0.25) is 0 Å². The Labute approximate surface area is 334 Å². The van der Waals surface area contributed by atoms with Gasteiger partial charge in [-0.25, -0.2) is 15.0 Å². The van der Waals surface area contributed by atoms with Gasteiger partial charge in [-0.05, 0) is 74.6 Å². The van der Waals surface area contributed by atoms with Crippen molar-refractivity contribution in [3.05, 3.63) is 205 Å². The lowest BCUT2D eigenvalue weighted by atomic mass is 9.86. The predicted molar refractivity (Wildman–Crippen MR) is 237 cm³/mol.